The van der Waals surface area contributed by atoms with Crippen molar-refractivity contribution in [1.82, 2.24) is 4.90 Å². The van der Waals surface area contributed by atoms with Crippen LogP contribution in [0.2, 0.25) is 0 Å². The van der Waals surface area contributed by atoms with Crippen molar-refractivity contribution >= 4 is 11.8 Å². The predicted molar refractivity (Wildman–Crippen MR) is 54.2 cm³/mol. The summed E-state index contributed by atoms with van der Waals surface area (Å²) in [5.41, 5.74) is 6.13. The van der Waals surface area contributed by atoms with Gasteiger partial charge in [-0.1, -0.05) is 0 Å². The van der Waals surface area contributed by atoms with E-state index < -0.39 is 6.09 Å². The summed E-state index contributed by atoms with van der Waals surface area (Å²) in [6, 6.07) is 6.62. The second kappa shape index (κ2) is 4.08. The third-order valence-corrected chi connectivity index (χ3v) is 2.20. The maximum atomic E-state index is 11.2. The van der Waals surface area contributed by atoms with Crippen molar-refractivity contribution in [2.45, 2.75) is 6.42 Å². The Hall–Kier alpha value is -1.91. The van der Waals surface area contributed by atoms with Gasteiger partial charge in [0.15, 0.2) is 5.75 Å². The van der Waals surface area contributed by atoms with Gasteiger partial charge in [-0.3, -0.25) is 4.89 Å². The number of likely N-dealkylation sites (tertiary alicyclic amines) is 1. The Kier molecular flexibility index (Phi) is 2.62. The van der Waals surface area contributed by atoms with Crippen LogP contribution in [-0.4, -0.2) is 24.1 Å². The van der Waals surface area contributed by atoms with E-state index in [0.29, 0.717) is 11.4 Å². The lowest BCUT2D eigenvalue weighted by molar-refractivity contribution is -0.157. The van der Waals surface area contributed by atoms with Gasteiger partial charge in [-0.2, -0.15) is 0 Å². The summed E-state index contributed by atoms with van der Waals surface area (Å²) < 4.78 is 0. The normalized spacial score (nSPS) is 14.3. The number of nitrogens with two attached hydrogens (primary N) is 1. The van der Waals surface area contributed by atoms with Gasteiger partial charge in [-0.15, -0.1) is 0 Å². The monoisotopic (exact) mass is 208 g/mol. The molecule has 0 aromatic heterocycles. The molecule has 1 heterocycles. The molecule has 0 unspecified atom stereocenters. The molecular formula is C10H12N2O3. The molecule has 15 heavy (non-hydrogen) atoms. The first-order valence-electron chi connectivity index (χ1n) is 4.75. The first-order valence-corrected chi connectivity index (χ1v) is 4.75. The number of anilines is 1. The van der Waals surface area contributed by atoms with Gasteiger partial charge in [0.2, 0.25) is 0 Å². The van der Waals surface area contributed by atoms with Crippen molar-refractivity contribution in [2.75, 3.05) is 18.8 Å². The minimum Gasteiger partial charge on any atom is -0.399 e. The maximum absolute atomic E-state index is 11.2. The molecule has 0 aliphatic carbocycles. The van der Waals surface area contributed by atoms with Crippen LogP contribution in [0.25, 0.3) is 0 Å². The summed E-state index contributed by atoms with van der Waals surface area (Å²) in [6.45, 7) is 1.48. The van der Waals surface area contributed by atoms with E-state index in [9.17, 15) is 4.79 Å². The Balaban J connectivity index is 1.82. The third-order valence-electron chi connectivity index (χ3n) is 2.20. The van der Waals surface area contributed by atoms with Crippen LogP contribution in [0.5, 0.6) is 5.75 Å². The van der Waals surface area contributed by atoms with Crippen LogP contribution >= 0.6 is 0 Å². The Bertz CT molecular complexity index is 346. The smallest absolute Gasteiger partial charge is 0.399 e. The van der Waals surface area contributed by atoms with Crippen molar-refractivity contribution in [3.8, 4) is 5.75 Å². The van der Waals surface area contributed by atoms with Crippen molar-refractivity contribution in [2.24, 2.45) is 0 Å². The molecule has 0 atom stereocenters. The summed E-state index contributed by atoms with van der Waals surface area (Å²) >= 11 is 0. The van der Waals surface area contributed by atoms with E-state index in [1.807, 2.05) is 0 Å². The molecule has 2 rings (SSSR count). The van der Waals surface area contributed by atoms with Crippen molar-refractivity contribution < 1.29 is 14.6 Å². The van der Waals surface area contributed by atoms with Gasteiger partial charge >= 0.3 is 6.09 Å². The number of amides is 1. The van der Waals surface area contributed by atoms with E-state index in [1.54, 1.807) is 29.2 Å². The molecule has 2 N–H and O–H groups in total. The number of hydrogen-bond donors (Lipinski definition) is 1. The highest BCUT2D eigenvalue weighted by Crippen LogP contribution is 2.14. The average molecular weight is 208 g/mol. The van der Waals surface area contributed by atoms with Crippen LogP contribution in [0.1, 0.15) is 6.42 Å². The fourth-order valence-electron chi connectivity index (χ4n) is 1.16. The number of benzene rings is 1. The van der Waals surface area contributed by atoms with Gasteiger partial charge < -0.3 is 10.6 Å². The minimum atomic E-state index is -0.446. The molecule has 1 aliphatic heterocycles. The van der Waals surface area contributed by atoms with E-state index in [2.05, 4.69) is 4.89 Å². The molecule has 1 saturated heterocycles. The number of nitrogen functional groups attached to an aromatic ring is 1. The molecule has 0 bridgehead atoms. The van der Waals surface area contributed by atoms with Crippen LogP contribution < -0.4 is 10.6 Å². The molecule has 0 saturated carbocycles. The maximum Gasteiger partial charge on any atom is 0.452 e. The Morgan fingerprint density at radius 3 is 2.47 bits per heavy atom. The number of rotatable bonds is 2. The average Bonchev–Trinajstić information content (AvgIpc) is 2.14. The molecule has 1 fully saturated rings. The van der Waals surface area contributed by atoms with Crippen LogP contribution in [-0.2, 0) is 4.89 Å². The SMILES string of the molecule is Nc1ccc(OOC(=O)N2CCC2)cc1. The molecular weight excluding hydrogens is 196 g/mol. The molecule has 5 nitrogen and oxygen atoms in total. The quantitative estimate of drug-likeness (QED) is 0.453. The Labute approximate surface area is 87.3 Å². The van der Waals surface area contributed by atoms with Gasteiger partial charge in [-0.25, -0.2) is 9.68 Å². The number of carbonyl (C=O) groups excluding carboxylic acids is 1. The van der Waals surface area contributed by atoms with Crippen LogP contribution in [0.15, 0.2) is 24.3 Å². The largest absolute Gasteiger partial charge is 0.452 e. The van der Waals surface area contributed by atoms with Gasteiger partial charge in [0.25, 0.3) is 0 Å². The standard InChI is InChI=1S/C10H12N2O3/c11-8-2-4-9(5-3-8)14-15-10(13)12-6-1-7-12/h2-5H,1,6-7,11H2. The summed E-state index contributed by atoms with van der Waals surface area (Å²) in [5.74, 6) is 0.457. The van der Waals surface area contributed by atoms with Crippen molar-refractivity contribution in [3.05, 3.63) is 24.3 Å². The van der Waals surface area contributed by atoms with E-state index in [1.165, 1.54) is 0 Å². The van der Waals surface area contributed by atoms with Crippen LogP contribution in [0.3, 0.4) is 0 Å². The lowest BCUT2D eigenvalue weighted by Crippen LogP contribution is -2.42. The van der Waals surface area contributed by atoms with Gasteiger partial charge in [0.1, 0.15) is 0 Å². The lowest BCUT2D eigenvalue weighted by atomic mass is 10.2. The van der Waals surface area contributed by atoms with E-state index in [-0.39, 0.29) is 0 Å². The predicted octanol–water partition coefficient (Wildman–Crippen LogP) is 1.40. The van der Waals surface area contributed by atoms with Crippen LogP contribution in [0, 0.1) is 0 Å². The highest BCUT2D eigenvalue weighted by Gasteiger charge is 2.22. The van der Waals surface area contributed by atoms with E-state index >= 15 is 0 Å². The summed E-state index contributed by atoms with van der Waals surface area (Å²) in [4.78, 5) is 22.2. The zero-order valence-electron chi connectivity index (χ0n) is 8.18. The fraction of sp³-hybridized carbons (Fsp3) is 0.300. The Morgan fingerprint density at radius 2 is 1.93 bits per heavy atom. The number of hydrogen-bond acceptors (Lipinski definition) is 4. The van der Waals surface area contributed by atoms with Crippen molar-refractivity contribution in [3.63, 3.8) is 0 Å². The zero-order valence-corrected chi connectivity index (χ0v) is 8.18. The number of nitrogens with zero attached hydrogens (tertiary/aromatic N) is 1. The summed E-state index contributed by atoms with van der Waals surface area (Å²) in [5, 5.41) is 0. The first kappa shape index (κ1) is 9.64. The van der Waals surface area contributed by atoms with Gasteiger partial charge in [0, 0.05) is 18.8 Å². The van der Waals surface area contributed by atoms with Crippen molar-refractivity contribution in [1.29, 1.82) is 0 Å². The fourth-order valence-corrected chi connectivity index (χ4v) is 1.16. The minimum absolute atomic E-state index is 0.446. The first-order chi connectivity index (χ1) is 7.25. The van der Waals surface area contributed by atoms with E-state index in [4.69, 9.17) is 10.6 Å². The zero-order chi connectivity index (χ0) is 10.7. The topological polar surface area (TPSA) is 64.8 Å². The second-order valence-corrected chi connectivity index (χ2v) is 3.34. The molecule has 0 radical (unpaired) electrons. The summed E-state index contributed by atoms with van der Waals surface area (Å²) in [6.07, 6.45) is 0.579. The number of carbonyl (C=O) groups is 1. The summed E-state index contributed by atoms with van der Waals surface area (Å²) in [7, 11) is 0. The molecule has 1 aliphatic rings. The molecule has 80 valence electrons. The Morgan fingerprint density at radius 1 is 1.27 bits per heavy atom. The second-order valence-electron chi connectivity index (χ2n) is 3.34. The highest BCUT2D eigenvalue weighted by molar-refractivity contribution is 5.67. The van der Waals surface area contributed by atoms with Gasteiger partial charge in [-0.05, 0) is 30.7 Å². The van der Waals surface area contributed by atoms with Crippen LogP contribution in [0.4, 0.5) is 10.5 Å². The molecule has 1 aromatic carbocycles. The molecule has 1 aromatic rings. The lowest BCUT2D eigenvalue weighted by Gasteiger charge is -2.28. The van der Waals surface area contributed by atoms with E-state index in [0.717, 1.165) is 19.5 Å². The molecule has 1 amide bonds. The van der Waals surface area contributed by atoms with Gasteiger partial charge in [0.05, 0.1) is 0 Å². The molecule has 5 heteroatoms. The molecule has 0 spiro atoms. The third kappa shape index (κ3) is 2.31. The highest BCUT2D eigenvalue weighted by atomic mass is 17.2.